The van der Waals surface area contributed by atoms with Crippen LogP contribution in [0.25, 0.3) is 0 Å². The average molecular weight is 334 g/mol. The highest BCUT2D eigenvalue weighted by atomic mass is 16.6. The molecule has 4 rings (SSSR count). The fourth-order valence-corrected chi connectivity index (χ4v) is 5.07. The van der Waals surface area contributed by atoms with Crippen LogP contribution in [-0.4, -0.2) is 40.4 Å². The van der Waals surface area contributed by atoms with Gasteiger partial charge in [0.1, 0.15) is 11.7 Å². The maximum atomic E-state index is 13.0. The van der Waals surface area contributed by atoms with Gasteiger partial charge in [-0.2, -0.15) is 0 Å². The fraction of sp³-hybridized carbons (Fsp3) is 0.850. The van der Waals surface area contributed by atoms with E-state index in [1.807, 2.05) is 6.92 Å². The van der Waals surface area contributed by atoms with Crippen molar-refractivity contribution in [2.75, 3.05) is 0 Å². The lowest BCUT2D eigenvalue weighted by atomic mass is 9.58. The first kappa shape index (κ1) is 16.7. The molecule has 2 aliphatic heterocycles. The van der Waals surface area contributed by atoms with Gasteiger partial charge in [0.2, 0.25) is 0 Å². The fourth-order valence-electron chi connectivity index (χ4n) is 5.07. The Bertz CT molecular complexity index is 613. The van der Waals surface area contributed by atoms with Gasteiger partial charge in [-0.1, -0.05) is 20.8 Å². The zero-order valence-corrected chi connectivity index (χ0v) is 15.5. The minimum absolute atomic E-state index is 0.0430. The Balaban J connectivity index is 1.72. The highest BCUT2D eigenvalue weighted by molar-refractivity contribution is 6.02. The monoisotopic (exact) mass is 334 g/mol. The van der Waals surface area contributed by atoms with Crippen molar-refractivity contribution in [3.05, 3.63) is 11.6 Å². The molecule has 0 amide bonds. The van der Waals surface area contributed by atoms with E-state index in [1.165, 1.54) is 0 Å². The van der Waals surface area contributed by atoms with Crippen molar-refractivity contribution in [1.29, 1.82) is 0 Å². The van der Waals surface area contributed by atoms with Crippen LogP contribution in [0.15, 0.2) is 11.6 Å². The van der Waals surface area contributed by atoms with Gasteiger partial charge in [-0.05, 0) is 68.4 Å². The molecule has 2 aliphatic carbocycles. The molecule has 0 aromatic heterocycles. The van der Waals surface area contributed by atoms with E-state index in [0.717, 1.165) is 31.3 Å². The van der Waals surface area contributed by atoms with Gasteiger partial charge in [-0.15, -0.1) is 0 Å². The van der Waals surface area contributed by atoms with E-state index < -0.39 is 6.10 Å². The second-order valence-electron chi connectivity index (χ2n) is 9.26. The lowest BCUT2D eigenvalue weighted by Gasteiger charge is -2.47. The van der Waals surface area contributed by atoms with Gasteiger partial charge in [-0.3, -0.25) is 4.79 Å². The maximum Gasteiger partial charge on any atom is 0.190 e. The molecule has 1 N–H and O–H groups in total. The Morgan fingerprint density at radius 1 is 1.08 bits per heavy atom. The minimum atomic E-state index is -0.568. The number of rotatable bonds is 0. The first-order valence-electron chi connectivity index (χ1n) is 9.40. The van der Waals surface area contributed by atoms with Crippen LogP contribution < -0.4 is 0 Å². The molecule has 2 saturated heterocycles. The van der Waals surface area contributed by atoms with Crippen molar-refractivity contribution in [2.24, 2.45) is 17.3 Å². The number of ether oxygens (including phenoxy) is 2. The summed E-state index contributed by atoms with van der Waals surface area (Å²) in [5.41, 5.74) is 0.270. The predicted octanol–water partition coefficient (Wildman–Crippen LogP) is 3.02. The molecule has 4 aliphatic rings. The molecule has 8 atom stereocenters. The Kier molecular flexibility index (Phi) is 3.44. The third-order valence-electron chi connectivity index (χ3n) is 7.86. The number of hydrogen-bond donors (Lipinski definition) is 1. The van der Waals surface area contributed by atoms with Gasteiger partial charge >= 0.3 is 0 Å². The third-order valence-corrected chi connectivity index (χ3v) is 7.86. The van der Waals surface area contributed by atoms with Crippen molar-refractivity contribution in [1.82, 2.24) is 0 Å². The van der Waals surface area contributed by atoms with E-state index in [9.17, 15) is 9.90 Å². The highest BCUT2D eigenvalue weighted by Crippen LogP contribution is 2.55. The first-order valence-corrected chi connectivity index (χ1v) is 9.40. The summed E-state index contributed by atoms with van der Waals surface area (Å²) in [6.07, 6.45) is 4.94. The quantitative estimate of drug-likeness (QED) is 0.692. The molecule has 0 aromatic carbocycles. The van der Waals surface area contributed by atoms with Crippen molar-refractivity contribution in [3.8, 4) is 0 Å². The molecule has 0 radical (unpaired) electrons. The van der Waals surface area contributed by atoms with E-state index in [4.69, 9.17) is 9.47 Å². The summed E-state index contributed by atoms with van der Waals surface area (Å²) in [5.74, 6) is 0.332. The van der Waals surface area contributed by atoms with Crippen molar-refractivity contribution in [3.63, 3.8) is 0 Å². The van der Waals surface area contributed by atoms with Gasteiger partial charge < -0.3 is 14.6 Å². The number of hydrogen-bond acceptors (Lipinski definition) is 4. The minimum Gasteiger partial charge on any atom is -0.389 e. The lowest BCUT2D eigenvalue weighted by molar-refractivity contribution is -0.118. The molecule has 0 unspecified atom stereocenters. The number of Topliss-reactive ketones (excluding diaryl/α,β-unsaturated/α-hetero) is 1. The van der Waals surface area contributed by atoms with E-state index >= 15 is 0 Å². The van der Waals surface area contributed by atoms with Crippen molar-refractivity contribution >= 4 is 5.78 Å². The average Bonchev–Trinajstić information content (AvgIpc) is 3.40. The van der Waals surface area contributed by atoms with Crippen LogP contribution in [0, 0.1) is 17.3 Å². The van der Waals surface area contributed by atoms with Crippen LogP contribution in [0.1, 0.15) is 60.3 Å². The number of fused-ring (bicyclic) bond motifs is 4. The smallest absolute Gasteiger partial charge is 0.190 e. The van der Waals surface area contributed by atoms with Crippen molar-refractivity contribution < 1.29 is 19.4 Å². The summed E-state index contributed by atoms with van der Waals surface area (Å²) >= 11 is 0. The van der Waals surface area contributed by atoms with Crippen LogP contribution >= 0.6 is 0 Å². The summed E-state index contributed by atoms with van der Waals surface area (Å²) in [7, 11) is 0. The Morgan fingerprint density at radius 2 is 1.79 bits per heavy atom. The summed E-state index contributed by atoms with van der Waals surface area (Å²) in [6.45, 7) is 10.7. The summed E-state index contributed by atoms with van der Waals surface area (Å²) in [4.78, 5) is 13.0. The van der Waals surface area contributed by atoms with Crippen LogP contribution in [0.5, 0.6) is 0 Å². The Labute approximate surface area is 144 Å². The van der Waals surface area contributed by atoms with Crippen LogP contribution in [0.4, 0.5) is 0 Å². The molecule has 2 heterocycles. The van der Waals surface area contributed by atoms with Crippen LogP contribution in [-0.2, 0) is 14.3 Å². The molecule has 3 fully saturated rings. The number of ketones is 1. The molecular formula is C20H30O4. The highest BCUT2D eigenvalue weighted by Gasteiger charge is 2.62. The molecule has 1 saturated carbocycles. The number of aliphatic hydroxyl groups is 1. The van der Waals surface area contributed by atoms with E-state index in [0.29, 0.717) is 0 Å². The molecule has 24 heavy (non-hydrogen) atoms. The molecule has 0 aromatic rings. The van der Waals surface area contributed by atoms with Crippen LogP contribution in [0.3, 0.4) is 0 Å². The molecule has 4 nitrogen and oxygen atoms in total. The molecule has 0 spiro atoms. The number of epoxide rings is 2. The topological polar surface area (TPSA) is 62.4 Å². The zero-order chi connectivity index (χ0) is 17.5. The largest absolute Gasteiger partial charge is 0.389 e. The number of aliphatic hydroxyl groups excluding tert-OH is 1. The van der Waals surface area contributed by atoms with Gasteiger partial charge in [0, 0.05) is 0 Å². The second kappa shape index (κ2) is 4.93. The van der Waals surface area contributed by atoms with Gasteiger partial charge in [-0.25, -0.2) is 0 Å². The standard InChI is InChI=1S/C20H30O4/c1-11-13-10-14(21)12(2)18(11,3)8-9-19(4)15(23-19)6-7-20(5)17(24-20)16(13)22/h10-12,14-15,17,21H,6-9H2,1-5H3/t11-,12-,14+,15+,17-,18-,19+,20-/m1/s1. The molecule has 4 heteroatoms. The zero-order valence-electron chi connectivity index (χ0n) is 15.5. The molecule has 2 bridgehead atoms. The summed E-state index contributed by atoms with van der Waals surface area (Å²) < 4.78 is 11.9. The number of carbonyl (C=O) groups excluding carboxylic acids is 1. The third kappa shape index (κ3) is 2.26. The summed E-state index contributed by atoms with van der Waals surface area (Å²) in [5, 5.41) is 10.6. The van der Waals surface area contributed by atoms with E-state index in [1.54, 1.807) is 6.08 Å². The van der Waals surface area contributed by atoms with Crippen LogP contribution in [0.2, 0.25) is 0 Å². The van der Waals surface area contributed by atoms with Gasteiger partial charge in [0.15, 0.2) is 5.78 Å². The van der Waals surface area contributed by atoms with Crippen molar-refractivity contribution in [2.45, 2.75) is 89.8 Å². The second-order valence-corrected chi connectivity index (χ2v) is 9.26. The van der Waals surface area contributed by atoms with E-state index in [2.05, 4.69) is 27.7 Å². The van der Waals surface area contributed by atoms with Gasteiger partial charge in [0.05, 0.1) is 17.8 Å². The SMILES string of the molecule is C[C@@H]1C2=C[C@H](O)[C@@H](C)[C@]1(C)CC[C@]1(C)O[C@H]1CC[C@@]1(C)O[C@@H]1C2=O. The van der Waals surface area contributed by atoms with Gasteiger partial charge in [0.25, 0.3) is 0 Å². The number of carbonyl (C=O) groups is 1. The molecular weight excluding hydrogens is 304 g/mol. The molecule has 134 valence electrons. The Hall–Kier alpha value is -0.710. The first-order chi connectivity index (χ1) is 11.1. The summed E-state index contributed by atoms with van der Waals surface area (Å²) in [6, 6.07) is 0. The van der Waals surface area contributed by atoms with E-state index in [-0.39, 0.29) is 46.4 Å². The lowest BCUT2D eigenvalue weighted by Crippen LogP contribution is -2.46. The maximum absolute atomic E-state index is 13.0. The normalized spacial score (nSPS) is 57.0. The Morgan fingerprint density at radius 3 is 2.50 bits per heavy atom. The predicted molar refractivity (Wildman–Crippen MR) is 90.6 cm³/mol.